The lowest BCUT2D eigenvalue weighted by Crippen LogP contribution is -2.67. The molecule has 1 saturated heterocycles. The van der Waals surface area contributed by atoms with Gasteiger partial charge in [0.25, 0.3) is 0 Å². The van der Waals surface area contributed by atoms with Crippen LogP contribution >= 0.6 is 0 Å². The number of benzene rings is 7. The minimum atomic E-state index is -0.104. The molecule has 0 aliphatic carbocycles. The molecule has 0 N–H and O–H groups in total. The summed E-state index contributed by atoms with van der Waals surface area (Å²) in [6.07, 6.45) is 0. The van der Waals surface area contributed by atoms with Crippen LogP contribution in [0.2, 0.25) is 0 Å². The molecular formula is C53H45B2N3O. The third-order valence-electron chi connectivity index (χ3n) is 12.9. The Hall–Kier alpha value is -6.78. The van der Waals surface area contributed by atoms with Gasteiger partial charge in [-0.05, 0) is 99.0 Å². The lowest BCUT2D eigenvalue weighted by molar-refractivity contribution is 0.252. The quantitative estimate of drug-likeness (QED) is 0.158. The standard InChI is InChI=1S/C53H45B2N3O/c1-34-16-13-17-35(2)48(34)54-38(5)51-56(44-30-26-42(27-31-44)40-20-9-7-10-21-40)53(59)57(45-32-28-43(29-33-45)41-22-11-8-12-23-41)52-39(6)55(49-36(3)18-14-19-37(49)4)47-25-15-24-46(54)50(47)58(51)52/h7-33H,1-6H3. The summed E-state index contributed by atoms with van der Waals surface area (Å²) >= 11 is 0. The summed E-state index contributed by atoms with van der Waals surface area (Å²) in [7, 11) is 0. The summed E-state index contributed by atoms with van der Waals surface area (Å²) in [5.41, 5.74) is 19.7. The Bertz CT molecular complexity index is 2630. The van der Waals surface area contributed by atoms with Crippen molar-refractivity contribution in [3.05, 3.63) is 209 Å². The molecule has 0 atom stereocenters. The van der Waals surface area contributed by atoms with E-state index in [1.54, 1.807) is 0 Å². The van der Waals surface area contributed by atoms with E-state index in [1.807, 2.05) is 21.9 Å². The van der Waals surface area contributed by atoms with Crippen LogP contribution in [-0.2, 0) is 0 Å². The van der Waals surface area contributed by atoms with Crippen molar-refractivity contribution in [2.75, 3.05) is 14.7 Å². The molecule has 10 rings (SSSR count). The van der Waals surface area contributed by atoms with Gasteiger partial charge >= 0.3 is 6.03 Å². The average molecular weight is 762 g/mol. The number of hydrogen-bond acceptors (Lipinski definition) is 2. The molecular weight excluding hydrogens is 716 g/mol. The molecule has 59 heavy (non-hydrogen) atoms. The Morgan fingerprint density at radius 1 is 0.356 bits per heavy atom. The Morgan fingerprint density at radius 3 is 1.07 bits per heavy atom. The minimum absolute atomic E-state index is 0.0636. The van der Waals surface area contributed by atoms with Crippen molar-refractivity contribution in [2.45, 2.75) is 41.5 Å². The predicted octanol–water partition coefficient (Wildman–Crippen LogP) is 9.99. The number of carbonyl (C=O) groups is 1. The van der Waals surface area contributed by atoms with Gasteiger partial charge in [0, 0.05) is 5.69 Å². The molecule has 1 fully saturated rings. The molecule has 4 nitrogen and oxygen atoms in total. The van der Waals surface area contributed by atoms with E-state index in [2.05, 4.69) is 198 Å². The molecule has 0 bridgehead atoms. The molecule has 6 heteroatoms. The third-order valence-corrected chi connectivity index (χ3v) is 12.9. The summed E-state index contributed by atoms with van der Waals surface area (Å²) in [6, 6.07) is 57.9. The highest BCUT2D eigenvalue weighted by molar-refractivity contribution is 6.97. The Kier molecular flexibility index (Phi) is 8.83. The second-order valence-electron chi connectivity index (χ2n) is 16.4. The van der Waals surface area contributed by atoms with Crippen molar-refractivity contribution in [3.63, 3.8) is 0 Å². The van der Waals surface area contributed by atoms with Crippen LogP contribution in [0.25, 0.3) is 22.3 Å². The highest BCUT2D eigenvalue weighted by Crippen LogP contribution is 2.46. The van der Waals surface area contributed by atoms with Crippen LogP contribution in [0.4, 0.5) is 21.9 Å². The number of carbonyl (C=O) groups excluding carboxylic acids is 1. The van der Waals surface area contributed by atoms with E-state index in [1.165, 1.54) is 49.8 Å². The van der Waals surface area contributed by atoms with E-state index < -0.39 is 0 Å². The first kappa shape index (κ1) is 36.6. The van der Waals surface area contributed by atoms with Crippen LogP contribution in [0.5, 0.6) is 0 Å². The molecule has 0 aromatic heterocycles. The van der Waals surface area contributed by atoms with Gasteiger partial charge in [-0.1, -0.05) is 184 Å². The molecule has 7 aromatic carbocycles. The largest absolute Gasteiger partial charge is 0.340 e. The molecule has 0 saturated carbocycles. The highest BCUT2D eigenvalue weighted by Gasteiger charge is 2.52. The van der Waals surface area contributed by atoms with Crippen LogP contribution in [0.15, 0.2) is 186 Å². The van der Waals surface area contributed by atoms with Gasteiger partial charge in [0.05, 0.1) is 11.4 Å². The van der Waals surface area contributed by atoms with Crippen molar-refractivity contribution in [1.82, 2.24) is 0 Å². The maximum atomic E-state index is 16.0. The normalized spacial score (nSPS) is 14.7. The van der Waals surface area contributed by atoms with Gasteiger partial charge in [0.2, 0.25) is 13.4 Å². The minimum Gasteiger partial charge on any atom is -0.283 e. The van der Waals surface area contributed by atoms with Crippen LogP contribution in [0.1, 0.15) is 36.1 Å². The van der Waals surface area contributed by atoms with Crippen LogP contribution < -0.4 is 36.6 Å². The van der Waals surface area contributed by atoms with Crippen LogP contribution in [-0.4, -0.2) is 19.5 Å². The van der Waals surface area contributed by atoms with Gasteiger partial charge in [-0.2, -0.15) is 0 Å². The zero-order valence-corrected chi connectivity index (χ0v) is 34.5. The Labute approximate surface area is 348 Å². The van der Waals surface area contributed by atoms with Gasteiger partial charge in [-0.15, -0.1) is 0 Å². The van der Waals surface area contributed by atoms with E-state index in [4.69, 9.17) is 0 Å². The second-order valence-corrected chi connectivity index (χ2v) is 16.4. The van der Waals surface area contributed by atoms with E-state index in [9.17, 15) is 0 Å². The average Bonchev–Trinajstić information content (AvgIpc) is 3.26. The second kappa shape index (κ2) is 14.2. The maximum Gasteiger partial charge on any atom is 0.340 e. The first-order valence-electron chi connectivity index (χ1n) is 20.6. The predicted molar refractivity (Wildman–Crippen MR) is 250 cm³/mol. The topological polar surface area (TPSA) is 26.8 Å². The number of hydrogen-bond donors (Lipinski definition) is 0. The molecule has 3 aliphatic heterocycles. The number of rotatable bonds is 6. The van der Waals surface area contributed by atoms with Gasteiger partial charge < -0.3 is 0 Å². The number of anilines is 3. The third kappa shape index (κ3) is 5.73. The molecule has 2 amide bonds. The fourth-order valence-corrected chi connectivity index (χ4v) is 10.2. The smallest absolute Gasteiger partial charge is 0.283 e. The first-order chi connectivity index (χ1) is 28.7. The number of nitrogens with zero attached hydrogens (tertiary/aromatic N) is 3. The van der Waals surface area contributed by atoms with E-state index in [-0.39, 0.29) is 19.5 Å². The van der Waals surface area contributed by atoms with E-state index in [0.717, 1.165) is 56.2 Å². The van der Waals surface area contributed by atoms with Crippen molar-refractivity contribution < 1.29 is 4.79 Å². The zero-order chi connectivity index (χ0) is 40.5. The Morgan fingerprint density at radius 2 is 0.695 bits per heavy atom. The molecule has 0 spiro atoms. The number of para-hydroxylation sites is 1. The molecule has 0 radical (unpaired) electrons. The summed E-state index contributed by atoms with van der Waals surface area (Å²) in [5, 5.41) is 0. The monoisotopic (exact) mass is 761 g/mol. The van der Waals surface area contributed by atoms with E-state index >= 15 is 4.79 Å². The lowest BCUT2D eigenvalue weighted by Gasteiger charge is -2.54. The van der Waals surface area contributed by atoms with Gasteiger partial charge in [0.15, 0.2) is 0 Å². The fourth-order valence-electron chi connectivity index (χ4n) is 10.2. The van der Waals surface area contributed by atoms with Gasteiger partial charge in [0.1, 0.15) is 11.6 Å². The molecule has 284 valence electrons. The van der Waals surface area contributed by atoms with Gasteiger partial charge in [-0.25, -0.2) is 14.6 Å². The van der Waals surface area contributed by atoms with Crippen molar-refractivity contribution in [2.24, 2.45) is 0 Å². The maximum absolute atomic E-state index is 16.0. The summed E-state index contributed by atoms with van der Waals surface area (Å²) in [4.78, 5) is 22.4. The lowest BCUT2D eigenvalue weighted by atomic mass is 9.29. The number of allylic oxidation sites excluding steroid dienone is 2. The number of aryl methyl sites for hydroxylation is 4. The molecule has 3 heterocycles. The summed E-state index contributed by atoms with van der Waals surface area (Å²) in [6.45, 7) is 13.3. The van der Waals surface area contributed by atoms with E-state index in [0.29, 0.717) is 0 Å². The highest BCUT2D eigenvalue weighted by atomic mass is 16.2. The first-order valence-corrected chi connectivity index (χ1v) is 20.6. The fraction of sp³-hybridized carbons (Fsp3) is 0.113. The number of amides is 2. The molecule has 3 aliphatic rings. The molecule has 0 unspecified atom stereocenters. The summed E-state index contributed by atoms with van der Waals surface area (Å²) in [5.74, 6) is 1.81. The van der Waals surface area contributed by atoms with Crippen molar-refractivity contribution in [1.29, 1.82) is 0 Å². The van der Waals surface area contributed by atoms with Crippen LogP contribution in [0, 0.1) is 27.7 Å². The van der Waals surface area contributed by atoms with Crippen molar-refractivity contribution >= 4 is 58.4 Å². The van der Waals surface area contributed by atoms with Crippen LogP contribution in [0.3, 0.4) is 0 Å². The zero-order valence-electron chi connectivity index (χ0n) is 34.5. The summed E-state index contributed by atoms with van der Waals surface area (Å²) < 4.78 is 0. The van der Waals surface area contributed by atoms with Gasteiger partial charge in [-0.3, -0.25) is 4.90 Å². The number of urea groups is 1. The van der Waals surface area contributed by atoms with Crippen molar-refractivity contribution in [3.8, 4) is 22.3 Å². The SMILES string of the molecule is CC1=C2N(c3ccc(-c4ccccc4)cc3)C(=O)N(c3ccc(-c4ccccc4)cc3)C3=C(C)B(c4c(C)cccc4C)c4cccc(c4N23)B1c1c(C)cccc1C. The Balaban J connectivity index is 1.27. The molecule has 7 aromatic rings.